The summed E-state index contributed by atoms with van der Waals surface area (Å²) in [5, 5.41) is 2.27. The minimum Gasteiger partial charge on any atom is -0.442 e. The highest BCUT2D eigenvalue weighted by atomic mass is 35.5. The number of hydrogen-bond donors (Lipinski definition) is 1. The van der Waals surface area contributed by atoms with E-state index in [-0.39, 0.29) is 17.7 Å². The molecule has 0 radical (unpaired) electrons. The molecule has 2 fully saturated rings. The first-order chi connectivity index (χ1) is 7.53. The van der Waals surface area contributed by atoms with E-state index in [2.05, 4.69) is 5.32 Å². The second-order valence-corrected chi connectivity index (χ2v) is 4.69. The molecule has 2 aliphatic carbocycles. The Morgan fingerprint density at radius 2 is 2.25 bits per heavy atom. The van der Waals surface area contributed by atoms with Crippen LogP contribution in [0.25, 0.3) is 0 Å². The van der Waals surface area contributed by atoms with Crippen LogP contribution in [0, 0.1) is 17.8 Å². The minimum absolute atomic E-state index is 0.0348. The van der Waals surface area contributed by atoms with E-state index in [1.54, 1.807) is 6.08 Å². The van der Waals surface area contributed by atoms with E-state index in [1.165, 1.54) is 0 Å². The molecule has 2 bridgehead atoms. The quantitative estimate of drug-likeness (QED) is 0.414. The molecule has 1 N–H and O–H groups in total. The number of hydrogen-bond acceptors (Lipinski definition) is 4. The Hall–Kier alpha value is -1.36. The molecule has 0 aromatic rings. The first kappa shape index (κ1) is 9.84. The lowest BCUT2D eigenvalue weighted by atomic mass is 9.83. The van der Waals surface area contributed by atoms with Crippen LogP contribution in [-0.4, -0.2) is 22.8 Å². The second kappa shape index (κ2) is 2.85. The Kier molecular flexibility index (Phi) is 1.75. The molecular formula is C10H8ClNO4. The molecule has 3 aliphatic rings. The fourth-order valence-corrected chi connectivity index (χ4v) is 3.26. The molecule has 0 aromatic heterocycles. The van der Waals surface area contributed by atoms with Gasteiger partial charge in [-0.25, -0.2) is 4.79 Å². The molecule has 0 spiro atoms. The van der Waals surface area contributed by atoms with Crippen molar-refractivity contribution in [3.63, 3.8) is 0 Å². The molecule has 2 amide bonds. The minimum atomic E-state index is -1.01. The molecule has 4 unspecified atom stereocenters. The van der Waals surface area contributed by atoms with Gasteiger partial charge in [-0.1, -0.05) is 6.08 Å². The molecular weight excluding hydrogens is 234 g/mol. The molecule has 1 saturated heterocycles. The van der Waals surface area contributed by atoms with Gasteiger partial charge in [0, 0.05) is 11.6 Å². The van der Waals surface area contributed by atoms with Crippen LogP contribution in [-0.2, 0) is 14.3 Å². The van der Waals surface area contributed by atoms with E-state index in [9.17, 15) is 14.4 Å². The van der Waals surface area contributed by atoms with Gasteiger partial charge in [0.2, 0.25) is 11.8 Å². The maximum Gasteiger partial charge on any atom is 0.404 e. The zero-order valence-corrected chi connectivity index (χ0v) is 8.86. The summed E-state index contributed by atoms with van der Waals surface area (Å²) in [4.78, 5) is 34.0. The maximum atomic E-state index is 11.6. The number of carbonyl (C=O) groups excluding carboxylic acids is 3. The highest BCUT2D eigenvalue weighted by Crippen LogP contribution is 2.55. The smallest absolute Gasteiger partial charge is 0.404 e. The Labute approximate surface area is 95.8 Å². The van der Waals surface area contributed by atoms with E-state index in [0.717, 1.165) is 0 Å². The van der Waals surface area contributed by atoms with Crippen LogP contribution in [0.1, 0.15) is 6.42 Å². The van der Waals surface area contributed by atoms with Gasteiger partial charge in [-0.05, 0) is 18.4 Å². The highest BCUT2D eigenvalue weighted by molar-refractivity contribution is 6.61. The summed E-state index contributed by atoms with van der Waals surface area (Å²) >= 11 is 5.21. The van der Waals surface area contributed by atoms with E-state index in [1.807, 2.05) is 6.08 Å². The van der Waals surface area contributed by atoms with Crippen LogP contribution in [0.3, 0.4) is 0 Å². The normalized spacial score (nSPS) is 43.4. The average Bonchev–Trinajstić information content (AvgIpc) is 2.77. The van der Waals surface area contributed by atoms with Gasteiger partial charge in [0.15, 0.2) is 0 Å². The summed E-state index contributed by atoms with van der Waals surface area (Å²) in [5.41, 5.74) is -1.96. The third-order valence-electron chi connectivity index (χ3n) is 3.63. The molecule has 84 valence electrons. The number of nitrogens with one attached hydrogen (secondary N) is 1. The van der Waals surface area contributed by atoms with Gasteiger partial charge in [-0.15, -0.1) is 0 Å². The molecule has 6 heteroatoms. The van der Waals surface area contributed by atoms with E-state index >= 15 is 0 Å². The van der Waals surface area contributed by atoms with Gasteiger partial charge in [0.05, 0.1) is 11.8 Å². The number of allylic oxidation sites excluding steroid dienone is 1. The molecule has 1 heterocycles. The monoisotopic (exact) mass is 241 g/mol. The zero-order valence-electron chi connectivity index (χ0n) is 8.10. The van der Waals surface area contributed by atoms with Gasteiger partial charge < -0.3 is 4.74 Å². The predicted octanol–water partition coefficient (Wildman–Crippen LogP) is 0.579. The van der Waals surface area contributed by atoms with Crippen LogP contribution >= 0.6 is 11.6 Å². The molecule has 4 atom stereocenters. The third kappa shape index (κ3) is 1.04. The average molecular weight is 242 g/mol. The van der Waals surface area contributed by atoms with Gasteiger partial charge in [-0.2, -0.15) is 0 Å². The molecule has 3 rings (SSSR count). The van der Waals surface area contributed by atoms with E-state index in [4.69, 9.17) is 16.3 Å². The van der Waals surface area contributed by atoms with Gasteiger partial charge in [-0.3, -0.25) is 14.9 Å². The first-order valence-electron chi connectivity index (χ1n) is 4.96. The Bertz CT molecular complexity index is 446. The first-order valence-corrected chi connectivity index (χ1v) is 5.34. The summed E-state index contributed by atoms with van der Waals surface area (Å²) < 4.78 is 5.05. The highest BCUT2D eigenvalue weighted by Gasteiger charge is 2.65. The van der Waals surface area contributed by atoms with Crippen molar-refractivity contribution in [2.24, 2.45) is 17.8 Å². The van der Waals surface area contributed by atoms with Gasteiger partial charge in [0.1, 0.15) is 5.60 Å². The van der Waals surface area contributed by atoms with Gasteiger partial charge in [0.25, 0.3) is 0 Å². The Balaban J connectivity index is 2.03. The van der Waals surface area contributed by atoms with Crippen LogP contribution in [0.5, 0.6) is 0 Å². The summed E-state index contributed by atoms with van der Waals surface area (Å²) in [6.07, 6.45) is 3.97. The number of imide groups is 1. The van der Waals surface area contributed by atoms with Crippen molar-refractivity contribution in [2.75, 3.05) is 0 Å². The van der Waals surface area contributed by atoms with Crippen molar-refractivity contribution in [2.45, 2.75) is 12.0 Å². The molecule has 1 saturated carbocycles. The summed E-state index contributed by atoms with van der Waals surface area (Å²) in [7, 11) is 0. The van der Waals surface area contributed by atoms with Crippen molar-refractivity contribution < 1.29 is 19.1 Å². The molecule has 16 heavy (non-hydrogen) atoms. The standard InChI is InChI=1S/C10H8ClNO4/c11-9(15)16-10-2-1-4(3-10)5-6(10)8(14)12-7(5)13/h1-2,4-6H,3H2,(H,12,13,14). The molecule has 1 aliphatic heterocycles. The fourth-order valence-electron chi connectivity index (χ4n) is 3.12. The SMILES string of the molecule is O=C(Cl)OC12C=CC(C1)C1C(=O)NC(=O)C12. The number of amides is 2. The Morgan fingerprint density at radius 1 is 1.50 bits per heavy atom. The Morgan fingerprint density at radius 3 is 2.94 bits per heavy atom. The zero-order chi connectivity index (χ0) is 11.5. The van der Waals surface area contributed by atoms with Crippen LogP contribution < -0.4 is 5.32 Å². The van der Waals surface area contributed by atoms with Crippen molar-refractivity contribution in [3.05, 3.63) is 12.2 Å². The van der Waals surface area contributed by atoms with Crippen molar-refractivity contribution in [1.82, 2.24) is 5.32 Å². The van der Waals surface area contributed by atoms with E-state index < -0.39 is 22.9 Å². The maximum absolute atomic E-state index is 11.6. The van der Waals surface area contributed by atoms with Crippen LogP contribution in [0.15, 0.2) is 12.2 Å². The summed E-state index contributed by atoms with van der Waals surface area (Å²) in [5.74, 6) is -1.71. The van der Waals surface area contributed by atoms with Crippen LogP contribution in [0.4, 0.5) is 4.79 Å². The van der Waals surface area contributed by atoms with Crippen molar-refractivity contribution in [1.29, 1.82) is 0 Å². The van der Waals surface area contributed by atoms with Crippen molar-refractivity contribution >= 4 is 28.8 Å². The van der Waals surface area contributed by atoms with Gasteiger partial charge >= 0.3 is 5.43 Å². The summed E-state index contributed by atoms with van der Waals surface area (Å²) in [6, 6.07) is 0. The number of halogens is 1. The lowest BCUT2D eigenvalue weighted by Gasteiger charge is -2.28. The lowest BCUT2D eigenvalue weighted by Crippen LogP contribution is -2.41. The topological polar surface area (TPSA) is 72.5 Å². The largest absolute Gasteiger partial charge is 0.442 e. The number of carbonyl (C=O) groups is 3. The number of ether oxygens (including phenoxy) is 1. The number of fused-ring (bicyclic) bond motifs is 5. The molecule has 5 nitrogen and oxygen atoms in total. The fraction of sp³-hybridized carbons (Fsp3) is 0.500. The molecule has 0 aromatic carbocycles. The predicted molar refractivity (Wildman–Crippen MR) is 52.4 cm³/mol. The summed E-state index contributed by atoms with van der Waals surface area (Å²) in [6.45, 7) is 0. The third-order valence-corrected chi connectivity index (χ3v) is 3.71. The van der Waals surface area contributed by atoms with E-state index in [0.29, 0.717) is 6.42 Å². The second-order valence-electron chi connectivity index (χ2n) is 4.38. The lowest BCUT2D eigenvalue weighted by molar-refractivity contribution is -0.128. The number of rotatable bonds is 1. The van der Waals surface area contributed by atoms with Crippen LogP contribution in [0.2, 0.25) is 0 Å². The van der Waals surface area contributed by atoms with Crippen molar-refractivity contribution in [3.8, 4) is 0 Å².